The third-order valence-corrected chi connectivity index (χ3v) is 3.83. The number of likely N-dealkylation sites (N-methyl/N-ethyl adjacent to an activating group) is 1. The van der Waals surface area contributed by atoms with E-state index in [1.165, 1.54) is 12.1 Å². The van der Waals surface area contributed by atoms with Crippen LogP contribution >= 0.6 is 0 Å². The van der Waals surface area contributed by atoms with Gasteiger partial charge in [0.1, 0.15) is 5.82 Å². The molecular formula is C19H24FN5O. The summed E-state index contributed by atoms with van der Waals surface area (Å²) in [7, 11) is 3.38. The van der Waals surface area contributed by atoms with Gasteiger partial charge in [-0.1, -0.05) is 18.2 Å². The number of aliphatic imine (C=N–C) groups is 1. The summed E-state index contributed by atoms with van der Waals surface area (Å²) in [6.07, 6.45) is 2.45. The van der Waals surface area contributed by atoms with Gasteiger partial charge in [0.05, 0.1) is 6.54 Å². The van der Waals surface area contributed by atoms with Crippen molar-refractivity contribution < 1.29 is 9.18 Å². The third kappa shape index (κ3) is 6.51. The van der Waals surface area contributed by atoms with Gasteiger partial charge in [-0.15, -0.1) is 0 Å². The number of hydrogen-bond donors (Lipinski definition) is 2. The molecule has 0 saturated heterocycles. The van der Waals surface area contributed by atoms with E-state index < -0.39 is 0 Å². The van der Waals surface area contributed by atoms with Crippen LogP contribution in [0.4, 0.5) is 4.39 Å². The molecule has 1 heterocycles. The number of guanidine groups is 1. The molecule has 1 aromatic heterocycles. The number of benzene rings is 1. The molecule has 0 aliphatic carbocycles. The summed E-state index contributed by atoms with van der Waals surface area (Å²) >= 11 is 0. The Hall–Kier alpha value is -2.96. The summed E-state index contributed by atoms with van der Waals surface area (Å²) < 4.78 is 13.2. The lowest BCUT2D eigenvalue weighted by Gasteiger charge is -2.18. The van der Waals surface area contributed by atoms with Crippen molar-refractivity contribution >= 4 is 11.9 Å². The number of nitrogens with one attached hydrogen (secondary N) is 2. The molecule has 0 aliphatic rings. The molecule has 2 rings (SSSR count). The maximum atomic E-state index is 13.2. The van der Waals surface area contributed by atoms with E-state index in [0.29, 0.717) is 25.5 Å². The average Bonchev–Trinajstić information content (AvgIpc) is 2.67. The molecule has 1 aromatic carbocycles. The number of pyridine rings is 1. The van der Waals surface area contributed by atoms with Gasteiger partial charge >= 0.3 is 0 Å². The first-order chi connectivity index (χ1) is 12.6. The molecular weight excluding hydrogens is 333 g/mol. The molecule has 0 atom stereocenters. The van der Waals surface area contributed by atoms with Crippen LogP contribution in [0.3, 0.4) is 0 Å². The van der Waals surface area contributed by atoms with Gasteiger partial charge in [0.25, 0.3) is 0 Å². The Morgan fingerprint density at radius 1 is 1.23 bits per heavy atom. The van der Waals surface area contributed by atoms with E-state index in [9.17, 15) is 9.18 Å². The van der Waals surface area contributed by atoms with Gasteiger partial charge in [0, 0.05) is 45.5 Å². The Morgan fingerprint density at radius 2 is 2.08 bits per heavy atom. The molecule has 26 heavy (non-hydrogen) atoms. The summed E-state index contributed by atoms with van der Waals surface area (Å²) in [6.45, 7) is 1.13. The van der Waals surface area contributed by atoms with Gasteiger partial charge < -0.3 is 15.5 Å². The highest BCUT2D eigenvalue weighted by molar-refractivity contribution is 5.86. The predicted octanol–water partition coefficient (Wildman–Crippen LogP) is 1.59. The molecule has 138 valence electrons. The number of amides is 1. The van der Waals surface area contributed by atoms with E-state index in [4.69, 9.17) is 0 Å². The first-order valence-electron chi connectivity index (χ1n) is 8.41. The van der Waals surface area contributed by atoms with Crippen LogP contribution in [0.25, 0.3) is 0 Å². The van der Waals surface area contributed by atoms with Crippen molar-refractivity contribution in [3.63, 3.8) is 0 Å². The quantitative estimate of drug-likeness (QED) is 0.583. The second-order valence-corrected chi connectivity index (χ2v) is 5.80. The number of carbonyl (C=O) groups is 1. The van der Waals surface area contributed by atoms with Crippen LogP contribution in [0, 0.1) is 5.82 Å². The minimum Gasteiger partial charge on any atom is -0.352 e. The zero-order valence-electron chi connectivity index (χ0n) is 15.1. The van der Waals surface area contributed by atoms with Crippen molar-refractivity contribution in [2.75, 3.05) is 27.2 Å². The van der Waals surface area contributed by atoms with Crippen molar-refractivity contribution in [3.8, 4) is 0 Å². The minimum atomic E-state index is -0.281. The summed E-state index contributed by atoms with van der Waals surface area (Å²) in [4.78, 5) is 22.2. The van der Waals surface area contributed by atoms with E-state index >= 15 is 0 Å². The van der Waals surface area contributed by atoms with Gasteiger partial charge in [-0.25, -0.2) is 4.39 Å². The normalized spacial score (nSPS) is 11.1. The summed E-state index contributed by atoms with van der Waals surface area (Å²) in [5.74, 6) is 0.160. The van der Waals surface area contributed by atoms with Gasteiger partial charge in [0.2, 0.25) is 5.91 Å². The van der Waals surface area contributed by atoms with Crippen LogP contribution in [0.2, 0.25) is 0 Å². The van der Waals surface area contributed by atoms with Crippen LogP contribution in [0.15, 0.2) is 53.7 Å². The molecule has 0 fully saturated rings. The fourth-order valence-corrected chi connectivity index (χ4v) is 2.30. The Morgan fingerprint density at radius 3 is 2.77 bits per heavy atom. The monoisotopic (exact) mass is 357 g/mol. The minimum absolute atomic E-state index is 0.0466. The predicted molar refractivity (Wildman–Crippen MR) is 100 cm³/mol. The van der Waals surface area contributed by atoms with E-state index in [2.05, 4.69) is 20.6 Å². The van der Waals surface area contributed by atoms with Crippen LogP contribution in [-0.4, -0.2) is 48.9 Å². The van der Waals surface area contributed by atoms with Gasteiger partial charge in [-0.3, -0.25) is 14.8 Å². The van der Waals surface area contributed by atoms with E-state index in [0.717, 1.165) is 11.3 Å². The summed E-state index contributed by atoms with van der Waals surface area (Å²) in [6, 6.07) is 12.1. The van der Waals surface area contributed by atoms with Crippen LogP contribution in [-0.2, 0) is 17.8 Å². The number of rotatable bonds is 7. The summed E-state index contributed by atoms with van der Waals surface area (Å²) in [5.41, 5.74) is 1.75. The SMILES string of the molecule is CN=C(NCC(=O)N(C)CCc1ccccn1)NCc1cccc(F)c1. The highest BCUT2D eigenvalue weighted by Gasteiger charge is 2.10. The molecule has 0 saturated carbocycles. The zero-order chi connectivity index (χ0) is 18.8. The molecule has 0 unspecified atom stereocenters. The molecule has 2 aromatic rings. The Balaban J connectivity index is 1.73. The number of carbonyl (C=O) groups excluding carboxylic acids is 1. The second-order valence-electron chi connectivity index (χ2n) is 5.80. The highest BCUT2D eigenvalue weighted by atomic mass is 19.1. The molecule has 0 spiro atoms. The molecule has 7 heteroatoms. The Bertz CT molecular complexity index is 736. The van der Waals surface area contributed by atoms with E-state index in [1.54, 1.807) is 31.3 Å². The maximum Gasteiger partial charge on any atom is 0.241 e. The number of aromatic nitrogens is 1. The first-order valence-corrected chi connectivity index (χ1v) is 8.41. The number of halogens is 1. The number of hydrogen-bond acceptors (Lipinski definition) is 3. The second kappa shape index (κ2) is 10.1. The third-order valence-electron chi connectivity index (χ3n) is 3.83. The Kier molecular flexibility index (Phi) is 7.54. The summed E-state index contributed by atoms with van der Waals surface area (Å²) in [5, 5.41) is 6.03. The molecule has 0 bridgehead atoms. The van der Waals surface area contributed by atoms with Crippen LogP contribution in [0.5, 0.6) is 0 Å². The lowest BCUT2D eigenvalue weighted by Crippen LogP contribution is -2.43. The molecule has 6 nitrogen and oxygen atoms in total. The van der Waals surface area contributed by atoms with Gasteiger partial charge in [0.15, 0.2) is 5.96 Å². The highest BCUT2D eigenvalue weighted by Crippen LogP contribution is 2.02. The fraction of sp³-hybridized carbons (Fsp3) is 0.316. The smallest absolute Gasteiger partial charge is 0.241 e. The molecule has 0 radical (unpaired) electrons. The van der Waals surface area contributed by atoms with Crippen molar-refractivity contribution in [2.24, 2.45) is 4.99 Å². The Labute approximate surface area is 153 Å². The first kappa shape index (κ1) is 19.4. The zero-order valence-corrected chi connectivity index (χ0v) is 15.1. The van der Waals surface area contributed by atoms with Gasteiger partial charge in [-0.2, -0.15) is 0 Å². The lowest BCUT2D eigenvalue weighted by molar-refractivity contribution is -0.128. The van der Waals surface area contributed by atoms with Crippen molar-refractivity contribution in [2.45, 2.75) is 13.0 Å². The molecule has 0 aliphatic heterocycles. The largest absolute Gasteiger partial charge is 0.352 e. The van der Waals surface area contributed by atoms with Crippen molar-refractivity contribution in [1.29, 1.82) is 0 Å². The van der Waals surface area contributed by atoms with E-state index in [-0.39, 0.29) is 18.3 Å². The molecule has 1 amide bonds. The standard InChI is InChI=1S/C19H24FN5O/c1-21-19(23-13-15-6-5-7-16(20)12-15)24-14-18(26)25(2)11-9-17-8-3-4-10-22-17/h3-8,10,12H,9,11,13-14H2,1-2H3,(H2,21,23,24). The van der Waals surface area contributed by atoms with Crippen molar-refractivity contribution in [3.05, 3.63) is 65.7 Å². The topological polar surface area (TPSA) is 69.6 Å². The molecule has 2 N–H and O–H groups in total. The van der Waals surface area contributed by atoms with Crippen LogP contribution in [0.1, 0.15) is 11.3 Å². The van der Waals surface area contributed by atoms with Gasteiger partial charge in [-0.05, 0) is 29.8 Å². The van der Waals surface area contributed by atoms with Crippen LogP contribution < -0.4 is 10.6 Å². The van der Waals surface area contributed by atoms with Crippen molar-refractivity contribution in [1.82, 2.24) is 20.5 Å². The lowest BCUT2D eigenvalue weighted by atomic mass is 10.2. The maximum absolute atomic E-state index is 13.2. The fourth-order valence-electron chi connectivity index (χ4n) is 2.30. The van der Waals surface area contributed by atoms with E-state index in [1.807, 2.05) is 24.3 Å². The average molecular weight is 357 g/mol. The number of nitrogens with zero attached hydrogens (tertiary/aromatic N) is 3.